The van der Waals surface area contributed by atoms with Crippen LogP contribution in [0.5, 0.6) is 0 Å². The van der Waals surface area contributed by atoms with E-state index in [2.05, 4.69) is 41.1 Å². The topological polar surface area (TPSA) is 74.2 Å². The molecule has 0 unspecified atom stereocenters. The number of nitrogens with zero attached hydrogens (tertiary/aromatic N) is 5. The normalized spacial score (nSPS) is 14.0. The van der Waals surface area contributed by atoms with Gasteiger partial charge in [0.2, 0.25) is 0 Å². The highest BCUT2D eigenvalue weighted by atomic mass is 79.9. The lowest BCUT2D eigenvalue weighted by molar-refractivity contribution is 0.0745. The van der Waals surface area contributed by atoms with Crippen LogP contribution in [0, 0.1) is 6.92 Å². The summed E-state index contributed by atoms with van der Waals surface area (Å²) in [4.78, 5) is 29.8. The molecule has 0 radical (unpaired) electrons. The summed E-state index contributed by atoms with van der Waals surface area (Å²) in [6.45, 7) is 4.75. The molecule has 2 aromatic heterocycles. The van der Waals surface area contributed by atoms with E-state index in [0.29, 0.717) is 24.5 Å². The number of piperazine rings is 1. The van der Waals surface area contributed by atoms with Gasteiger partial charge >= 0.3 is 0 Å². The lowest BCUT2D eigenvalue weighted by Gasteiger charge is -2.35. The van der Waals surface area contributed by atoms with Crippen molar-refractivity contribution in [1.29, 1.82) is 0 Å². The van der Waals surface area contributed by atoms with Crippen molar-refractivity contribution in [1.82, 2.24) is 19.9 Å². The molecule has 3 heterocycles. The summed E-state index contributed by atoms with van der Waals surface area (Å²) in [5.41, 5.74) is 1.82. The fourth-order valence-corrected chi connectivity index (χ4v) is 3.72. The van der Waals surface area contributed by atoms with E-state index in [-0.39, 0.29) is 5.91 Å². The number of halogens is 1. The zero-order chi connectivity index (χ0) is 20.2. The third kappa shape index (κ3) is 4.54. The van der Waals surface area contributed by atoms with Gasteiger partial charge in [-0.1, -0.05) is 12.1 Å². The van der Waals surface area contributed by atoms with Gasteiger partial charge in [-0.25, -0.2) is 15.0 Å². The van der Waals surface area contributed by atoms with Crippen LogP contribution in [0.15, 0.2) is 59.5 Å². The zero-order valence-electron chi connectivity index (χ0n) is 16.0. The van der Waals surface area contributed by atoms with Crippen LogP contribution in [-0.2, 0) is 0 Å². The first-order valence-electron chi connectivity index (χ1n) is 9.40. The lowest BCUT2D eigenvalue weighted by Crippen LogP contribution is -2.49. The molecule has 0 atom stereocenters. The van der Waals surface area contributed by atoms with Gasteiger partial charge in [-0.05, 0) is 52.7 Å². The molecule has 1 aromatic carbocycles. The molecular weight excluding hydrogens is 432 g/mol. The molecule has 1 amide bonds. The SMILES string of the molecule is Cc1ccnc(Nc2cc(N3CCN(C(=O)c4ccccc4Br)CC3)ncn2)c1. The lowest BCUT2D eigenvalue weighted by atomic mass is 10.2. The van der Waals surface area contributed by atoms with E-state index >= 15 is 0 Å². The number of aromatic nitrogens is 3. The molecule has 1 aliphatic heterocycles. The fraction of sp³-hybridized carbons (Fsp3) is 0.238. The van der Waals surface area contributed by atoms with Crippen molar-refractivity contribution in [2.45, 2.75) is 6.92 Å². The van der Waals surface area contributed by atoms with E-state index in [0.717, 1.165) is 34.8 Å². The van der Waals surface area contributed by atoms with Crippen LogP contribution in [0.2, 0.25) is 0 Å². The predicted molar refractivity (Wildman–Crippen MR) is 117 cm³/mol. The van der Waals surface area contributed by atoms with E-state index in [4.69, 9.17) is 0 Å². The first-order valence-corrected chi connectivity index (χ1v) is 10.2. The summed E-state index contributed by atoms with van der Waals surface area (Å²) in [6, 6.07) is 13.4. The van der Waals surface area contributed by atoms with E-state index in [9.17, 15) is 4.79 Å². The smallest absolute Gasteiger partial charge is 0.255 e. The van der Waals surface area contributed by atoms with Gasteiger partial charge in [0.15, 0.2) is 0 Å². The number of nitrogens with one attached hydrogen (secondary N) is 1. The van der Waals surface area contributed by atoms with Crippen LogP contribution in [0.3, 0.4) is 0 Å². The van der Waals surface area contributed by atoms with Crippen LogP contribution in [0.25, 0.3) is 0 Å². The maximum absolute atomic E-state index is 12.8. The number of aryl methyl sites for hydroxylation is 1. The summed E-state index contributed by atoms with van der Waals surface area (Å²) in [5, 5.41) is 3.22. The number of hydrogen-bond donors (Lipinski definition) is 1. The molecule has 1 aliphatic rings. The van der Waals surface area contributed by atoms with E-state index in [1.807, 2.05) is 54.3 Å². The largest absolute Gasteiger partial charge is 0.353 e. The molecule has 1 saturated heterocycles. The molecule has 4 rings (SSSR count). The van der Waals surface area contributed by atoms with Crippen molar-refractivity contribution in [2.75, 3.05) is 36.4 Å². The molecule has 8 heteroatoms. The molecule has 148 valence electrons. The number of carbonyl (C=O) groups is 1. The van der Waals surface area contributed by atoms with Crippen molar-refractivity contribution in [3.63, 3.8) is 0 Å². The molecule has 29 heavy (non-hydrogen) atoms. The van der Waals surface area contributed by atoms with E-state index in [1.54, 1.807) is 12.5 Å². The second kappa shape index (κ2) is 8.57. The van der Waals surface area contributed by atoms with Gasteiger partial charge < -0.3 is 15.1 Å². The molecule has 0 aliphatic carbocycles. The van der Waals surface area contributed by atoms with Gasteiger partial charge in [0.1, 0.15) is 23.8 Å². The van der Waals surface area contributed by atoms with Crippen LogP contribution in [0.1, 0.15) is 15.9 Å². The Kier molecular flexibility index (Phi) is 5.71. The van der Waals surface area contributed by atoms with Gasteiger partial charge in [-0.3, -0.25) is 4.79 Å². The summed E-state index contributed by atoms with van der Waals surface area (Å²) in [5.74, 6) is 2.33. The van der Waals surface area contributed by atoms with Crippen molar-refractivity contribution in [3.05, 3.63) is 70.6 Å². The number of hydrogen-bond acceptors (Lipinski definition) is 6. The van der Waals surface area contributed by atoms with E-state index in [1.165, 1.54) is 0 Å². The molecule has 1 fully saturated rings. The Balaban J connectivity index is 1.41. The number of amides is 1. The number of carbonyl (C=O) groups excluding carboxylic acids is 1. The first kappa shape index (κ1) is 19.3. The number of benzene rings is 1. The van der Waals surface area contributed by atoms with E-state index < -0.39 is 0 Å². The highest BCUT2D eigenvalue weighted by molar-refractivity contribution is 9.10. The maximum atomic E-state index is 12.8. The number of anilines is 3. The van der Waals surface area contributed by atoms with Crippen LogP contribution < -0.4 is 10.2 Å². The van der Waals surface area contributed by atoms with Crippen LogP contribution in [-0.4, -0.2) is 51.9 Å². The molecule has 7 nitrogen and oxygen atoms in total. The van der Waals surface area contributed by atoms with Crippen molar-refractivity contribution >= 4 is 39.3 Å². The zero-order valence-corrected chi connectivity index (χ0v) is 17.6. The summed E-state index contributed by atoms with van der Waals surface area (Å²) in [6.07, 6.45) is 3.31. The Labute approximate surface area is 177 Å². The second-order valence-electron chi connectivity index (χ2n) is 6.86. The van der Waals surface area contributed by atoms with Gasteiger partial charge in [-0.15, -0.1) is 0 Å². The first-order chi connectivity index (χ1) is 14.1. The third-order valence-corrected chi connectivity index (χ3v) is 5.51. The Hall–Kier alpha value is -3.00. The monoisotopic (exact) mass is 452 g/mol. The Morgan fingerprint density at radius 2 is 1.76 bits per heavy atom. The molecule has 1 N–H and O–H groups in total. The molecule has 0 bridgehead atoms. The minimum atomic E-state index is 0.0488. The Morgan fingerprint density at radius 3 is 2.52 bits per heavy atom. The highest BCUT2D eigenvalue weighted by Gasteiger charge is 2.24. The van der Waals surface area contributed by atoms with Crippen LogP contribution >= 0.6 is 15.9 Å². The van der Waals surface area contributed by atoms with Crippen molar-refractivity contribution in [2.24, 2.45) is 0 Å². The van der Waals surface area contributed by atoms with Gasteiger partial charge in [0.25, 0.3) is 5.91 Å². The summed E-state index contributed by atoms with van der Waals surface area (Å²) >= 11 is 3.46. The molecule has 0 saturated carbocycles. The predicted octanol–water partition coefficient (Wildman–Crippen LogP) is 3.65. The van der Waals surface area contributed by atoms with Gasteiger partial charge in [0.05, 0.1) is 5.56 Å². The minimum Gasteiger partial charge on any atom is -0.353 e. The average Bonchev–Trinajstić information content (AvgIpc) is 2.74. The summed E-state index contributed by atoms with van der Waals surface area (Å²) in [7, 11) is 0. The molecular formula is C21H21BrN6O. The van der Waals surface area contributed by atoms with Crippen LogP contribution in [0.4, 0.5) is 17.5 Å². The minimum absolute atomic E-state index is 0.0488. The number of pyridine rings is 1. The molecule has 3 aromatic rings. The fourth-order valence-electron chi connectivity index (χ4n) is 3.27. The highest BCUT2D eigenvalue weighted by Crippen LogP contribution is 2.22. The Morgan fingerprint density at radius 1 is 1.00 bits per heavy atom. The Bertz CT molecular complexity index is 1020. The standard InChI is InChI=1S/C21H21BrN6O/c1-15-6-7-23-18(12-15)26-19-13-20(25-14-24-19)27-8-10-28(11-9-27)21(29)16-4-2-3-5-17(16)22/h2-7,12-14H,8-11H2,1H3,(H,23,24,25,26). The number of rotatable bonds is 4. The average molecular weight is 453 g/mol. The van der Waals surface area contributed by atoms with Crippen molar-refractivity contribution < 1.29 is 4.79 Å². The molecule has 0 spiro atoms. The van der Waals surface area contributed by atoms with Gasteiger partial charge in [-0.2, -0.15) is 0 Å². The second-order valence-corrected chi connectivity index (χ2v) is 7.72. The third-order valence-electron chi connectivity index (χ3n) is 4.82. The maximum Gasteiger partial charge on any atom is 0.255 e. The quantitative estimate of drug-likeness (QED) is 0.650. The van der Waals surface area contributed by atoms with Crippen molar-refractivity contribution in [3.8, 4) is 0 Å². The van der Waals surface area contributed by atoms with Gasteiger partial charge in [0, 0.05) is 42.9 Å². The summed E-state index contributed by atoms with van der Waals surface area (Å²) < 4.78 is 0.823.